The summed E-state index contributed by atoms with van der Waals surface area (Å²) < 4.78 is 5.32. The van der Waals surface area contributed by atoms with Crippen LogP contribution in [0.3, 0.4) is 0 Å². The second-order valence-corrected chi connectivity index (χ2v) is 4.35. The standard InChI is InChI=1S/C14H22N2O2/c1-4-12(16-14(17)10(2)9-15)11-7-5-6-8-13(11)18-3/h5-8,10,12H,4,9,15H2,1-3H3,(H,16,17). The number of nitrogens with one attached hydrogen (secondary N) is 1. The van der Waals surface area contributed by atoms with E-state index in [0.29, 0.717) is 6.54 Å². The van der Waals surface area contributed by atoms with Crippen LogP contribution in [-0.4, -0.2) is 19.6 Å². The maximum atomic E-state index is 11.9. The predicted molar refractivity (Wildman–Crippen MR) is 72.4 cm³/mol. The zero-order chi connectivity index (χ0) is 13.5. The number of hydrogen-bond donors (Lipinski definition) is 2. The van der Waals surface area contributed by atoms with Gasteiger partial charge in [0.15, 0.2) is 0 Å². The lowest BCUT2D eigenvalue weighted by Crippen LogP contribution is -2.35. The lowest BCUT2D eigenvalue weighted by Gasteiger charge is -2.21. The van der Waals surface area contributed by atoms with Crippen LogP contribution < -0.4 is 15.8 Å². The van der Waals surface area contributed by atoms with Crippen molar-refractivity contribution in [2.24, 2.45) is 11.7 Å². The maximum absolute atomic E-state index is 11.9. The Kier molecular flexibility index (Phi) is 5.65. The second kappa shape index (κ2) is 7.01. The number of carbonyl (C=O) groups excluding carboxylic acids is 1. The van der Waals surface area contributed by atoms with Gasteiger partial charge in [0.1, 0.15) is 5.75 Å². The van der Waals surface area contributed by atoms with Crippen LogP contribution >= 0.6 is 0 Å². The number of ether oxygens (including phenoxy) is 1. The molecule has 0 spiro atoms. The molecule has 0 radical (unpaired) electrons. The van der Waals surface area contributed by atoms with E-state index in [1.165, 1.54) is 0 Å². The zero-order valence-corrected chi connectivity index (χ0v) is 11.3. The van der Waals surface area contributed by atoms with Crippen LogP contribution in [0.2, 0.25) is 0 Å². The molecule has 0 aliphatic rings. The largest absolute Gasteiger partial charge is 0.496 e. The van der Waals surface area contributed by atoms with Gasteiger partial charge in [-0.25, -0.2) is 0 Å². The van der Waals surface area contributed by atoms with E-state index < -0.39 is 0 Å². The third kappa shape index (κ3) is 3.47. The number of hydrogen-bond acceptors (Lipinski definition) is 3. The van der Waals surface area contributed by atoms with Gasteiger partial charge in [-0.05, 0) is 12.5 Å². The number of rotatable bonds is 6. The number of benzene rings is 1. The van der Waals surface area contributed by atoms with Crippen molar-refractivity contribution < 1.29 is 9.53 Å². The lowest BCUT2D eigenvalue weighted by molar-refractivity contribution is -0.125. The summed E-state index contributed by atoms with van der Waals surface area (Å²) in [6.07, 6.45) is 0.809. The third-order valence-electron chi connectivity index (χ3n) is 3.04. The quantitative estimate of drug-likeness (QED) is 0.810. The summed E-state index contributed by atoms with van der Waals surface area (Å²) in [6.45, 7) is 4.21. The average molecular weight is 250 g/mol. The van der Waals surface area contributed by atoms with Crippen LogP contribution in [0.25, 0.3) is 0 Å². The fourth-order valence-corrected chi connectivity index (χ4v) is 1.78. The van der Waals surface area contributed by atoms with Gasteiger partial charge in [-0.15, -0.1) is 0 Å². The Morgan fingerprint density at radius 3 is 2.67 bits per heavy atom. The maximum Gasteiger partial charge on any atom is 0.224 e. The van der Waals surface area contributed by atoms with Crippen LogP contribution in [0.4, 0.5) is 0 Å². The molecule has 1 rings (SSSR count). The Morgan fingerprint density at radius 2 is 2.11 bits per heavy atom. The molecule has 4 heteroatoms. The molecule has 0 aliphatic heterocycles. The number of para-hydroxylation sites is 1. The van der Waals surface area contributed by atoms with Crippen molar-refractivity contribution >= 4 is 5.91 Å². The van der Waals surface area contributed by atoms with Gasteiger partial charge >= 0.3 is 0 Å². The summed E-state index contributed by atoms with van der Waals surface area (Å²) in [5.41, 5.74) is 6.50. The molecule has 100 valence electrons. The molecule has 0 saturated carbocycles. The number of nitrogens with two attached hydrogens (primary N) is 1. The highest BCUT2D eigenvalue weighted by atomic mass is 16.5. The molecule has 3 N–H and O–H groups in total. The zero-order valence-electron chi connectivity index (χ0n) is 11.3. The summed E-state index contributed by atoms with van der Waals surface area (Å²) in [5, 5.41) is 3.01. The molecule has 0 saturated heterocycles. The SMILES string of the molecule is CCC(NC(=O)C(C)CN)c1ccccc1OC. The van der Waals surface area contributed by atoms with Crippen LogP contribution in [0.1, 0.15) is 31.9 Å². The number of methoxy groups -OCH3 is 1. The van der Waals surface area contributed by atoms with Crippen LogP contribution in [-0.2, 0) is 4.79 Å². The first kappa shape index (κ1) is 14.5. The summed E-state index contributed by atoms with van der Waals surface area (Å²) in [5.74, 6) is 0.606. The first-order chi connectivity index (χ1) is 8.63. The fraction of sp³-hybridized carbons (Fsp3) is 0.500. The molecular weight excluding hydrogens is 228 g/mol. The molecule has 0 bridgehead atoms. The molecule has 0 aliphatic carbocycles. The van der Waals surface area contributed by atoms with E-state index in [1.54, 1.807) is 7.11 Å². The van der Waals surface area contributed by atoms with Gasteiger partial charge in [-0.1, -0.05) is 32.0 Å². The fourth-order valence-electron chi connectivity index (χ4n) is 1.78. The summed E-state index contributed by atoms with van der Waals surface area (Å²) >= 11 is 0. The van der Waals surface area contributed by atoms with Gasteiger partial charge in [0.25, 0.3) is 0 Å². The summed E-state index contributed by atoms with van der Waals surface area (Å²) in [7, 11) is 1.63. The van der Waals surface area contributed by atoms with Crippen molar-refractivity contribution in [3.8, 4) is 5.75 Å². The Bertz CT molecular complexity index is 393. The van der Waals surface area contributed by atoms with Crippen molar-refractivity contribution in [3.05, 3.63) is 29.8 Å². The average Bonchev–Trinajstić information content (AvgIpc) is 2.43. The van der Waals surface area contributed by atoms with E-state index in [-0.39, 0.29) is 17.9 Å². The van der Waals surface area contributed by atoms with Crippen molar-refractivity contribution in [1.29, 1.82) is 0 Å². The lowest BCUT2D eigenvalue weighted by atomic mass is 10.0. The van der Waals surface area contributed by atoms with Gasteiger partial charge in [0, 0.05) is 18.0 Å². The van der Waals surface area contributed by atoms with Gasteiger partial charge in [-0.2, -0.15) is 0 Å². The Hall–Kier alpha value is -1.55. The van der Waals surface area contributed by atoms with Gasteiger partial charge in [-0.3, -0.25) is 4.79 Å². The van der Waals surface area contributed by atoms with Gasteiger partial charge < -0.3 is 15.8 Å². The molecule has 1 aromatic rings. The highest BCUT2D eigenvalue weighted by molar-refractivity contribution is 5.79. The molecule has 2 unspecified atom stereocenters. The Morgan fingerprint density at radius 1 is 1.44 bits per heavy atom. The molecular formula is C14H22N2O2. The molecule has 0 aromatic heterocycles. The van der Waals surface area contributed by atoms with Gasteiger partial charge in [0.05, 0.1) is 13.2 Å². The predicted octanol–water partition coefficient (Wildman–Crippen LogP) is 1.86. The third-order valence-corrected chi connectivity index (χ3v) is 3.04. The van der Waals surface area contributed by atoms with E-state index in [0.717, 1.165) is 17.7 Å². The van der Waals surface area contributed by atoms with Crippen molar-refractivity contribution in [2.45, 2.75) is 26.3 Å². The van der Waals surface area contributed by atoms with Crippen molar-refractivity contribution in [1.82, 2.24) is 5.32 Å². The minimum Gasteiger partial charge on any atom is -0.496 e. The highest BCUT2D eigenvalue weighted by Gasteiger charge is 2.19. The molecule has 4 nitrogen and oxygen atoms in total. The van der Waals surface area contributed by atoms with Gasteiger partial charge in [0.2, 0.25) is 5.91 Å². The molecule has 0 fully saturated rings. The first-order valence-corrected chi connectivity index (χ1v) is 6.27. The van der Waals surface area contributed by atoms with Crippen LogP contribution in [0, 0.1) is 5.92 Å². The minimum absolute atomic E-state index is 0.0183. The van der Waals surface area contributed by atoms with Crippen LogP contribution in [0.15, 0.2) is 24.3 Å². The number of amides is 1. The van der Waals surface area contributed by atoms with E-state index >= 15 is 0 Å². The van der Waals surface area contributed by atoms with E-state index in [1.807, 2.05) is 38.1 Å². The number of carbonyl (C=O) groups is 1. The molecule has 2 atom stereocenters. The van der Waals surface area contributed by atoms with E-state index in [2.05, 4.69) is 5.32 Å². The van der Waals surface area contributed by atoms with E-state index in [4.69, 9.17) is 10.5 Å². The summed E-state index contributed by atoms with van der Waals surface area (Å²) in [4.78, 5) is 11.9. The molecule has 0 heterocycles. The second-order valence-electron chi connectivity index (χ2n) is 4.35. The Balaban J connectivity index is 2.86. The smallest absolute Gasteiger partial charge is 0.224 e. The summed E-state index contributed by atoms with van der Waals surface area (Å²) in [6, 6.07) is 7.69. The molecule has 1 aromatic carbocycles. The molecule has 18 heavy (non-hydrogen) atoms. The van der Waals surface area contributed by atoms with Crippen molar-refractivity contribution in [2.75, 3.05) is 13.7 Å². The molecule has 1 amide bonds. The monoisotopic (exact) mass is 250 g/mol. The van der Waals surface area contributed by atoms with Crippen LogP contribution in [0.5, 0.6) is 5.75 Å². The first-order valence-electron chi connectivity index (χ1n) is 6.27. The van der Waals surface area contributed by atoms with Crippen molar-refractivity contribution in [3.63, 3.8) is 0 Å². The topological polar surface area (TPSA) is 64.4 Å². The highest BCUT2D eigenvalue weighted by Crippen LogP contribution is 2.26. The minimum atomic E-state index is -0.172. The normalized spacial score (nSPS) is 13.8. The Labute approximate surface area is 109 Å². The van der Waals surface area contributed by atoms with E-state index in [9.17, 15) is 4.79 Å².